The highest BCUT2D eigenvalue weighted by atomic mass is 16.7. The number of amides is 4. The number of pyridine rings is 1. The SMILES string of the molecule is C1CCN(B(N2CCCC2)N2CCCC2)C1.CC1(C)COB(c2cccnc2)OC1.CC1(C)OB(c2cccc(B3Nc4cccc5cccc(c45)N3)c2)OC1(C)C.CC1(C)OB(c2cccc(N)c2)OC1(C)C.CN(C)C(=O)[C@H]1OB(B2O[C@H](C(=O)N(C)C)[C@@H](C(=O)N(C)C)O2)O[C@@H]1C(=O)N(C)C.O=[N+]([O-])c1cccc(B(O)O)c1.[B]1NCCCN1. The highest BCUT2D eigenvalue weighted by Crippen LogP contribution is 2.39. The van der Waals surface area contributed by atoms with Crippen LogP contribution >= 0.6 is 0 Å². The Kier molecular flexibility index (Phi) is 33.8. The van der Waals surface area contributed by atoms with Gasteiger partial charge in [0.05, 0.1) is 27.3 Å². The van der Waals surface area contributed by atoms with E-state index in [9.17, 15) is 29.3 Å². The van der Waals surface area contributed by atoms with Crippen LogP contribution < -0.4 is 54.0 Å². The molecule has 0 saturated carbocycles. The fourth-order valence-electron chi connectivity index (χ4n) is 14.9. The van der Waals surface area contributed by atoms with Gasteiger partial charge in [-0.15, -0.1) is 0 Å². The van der Waals surface area contributed by atoms with Gasteiger partial charge in [0.15, 0.2) is 24.4 Å². The molecule has 10 aliphatic rings. The van der Waals surface area contributed by atoms with Gasteiger partial charge in [-0.2, -0.15) is 0 Å². The van der Waals surface area contributed by atoms with Crippen LogP contribution in [0.4, 0.5) is 22.7 Å². The van der Waals surface area contributed by atoms with Crippen molar-refractivity contribution in [2.45, 2.75) is 161 Å². The number of benzene rings is 5. The number of carbonyl (C=O) groups excluding carboxylic acids is 4. The molecule has 0 unspecified atom stereocenters. The second-order valence-corrected chi connectivity index (χ2v) is 35.5. The molecule has 41 heteroatoms. The van der Waals surface area contributed by atoms with E-state index in [4.69, 9.17) is 62.3 Å². The van der Waals surface area contributed by atoms with Gasteiger partial charge < -0.3 is 117 Å². The Labute approximate surface area is 723 Å². The zero-order valence-electron chi connectivity index (χ0n) is 74.3. The fourth-order valence-corrected chi connectivity index (χ4v) is 14.9. The van der Waals surface area contributed by atoms with Gasteiger partial charge >= 0.3 is 64.1 Å². The minimum Gasteiger partial charge on any atom is -0.423 e. The molecule has 9 saturated heterocycles. The predicted octanol–water partition coefficient (Wildman–Crippen LogP) is 2.39. The zero-order chi connectivity index (χ0) is 88.6. The van der Waals surface area contributed by atoms with E-state index < -0.39 is 74.1 Å². The third-order valence-electron chi connectivity index (χ3n) is 23.2. The molecule has 1 radical (unpaired) electrons. The standard InChI is InChI=1S/C22H24B2N2O2.C16H28B2N4O8.C12H24BN3.C12H18BNO2.C10H14BNO2.C6H6BNO4.C3H8BN2/c1-21(2)22(3,4)28-24(27-21)17-11-7-10-16(14-17)23-25-18-12-5-8-15-9-6-13-19(26-23)20(15)18;1-19(2)13(23)9-10(14(24)20(3)4)28-17(27-9)18-29-11(15(25)21(5)6)12(30-18)16(26)22(7)8;1-2-8-14(7-1)13(15-9-3-4-10-15)16-11-5-6-12-16;1-11(2)12(3,4)16-13(15-11)9-6-5-7-10(14)8-9;1-10(2)7-13-11(14-8-10)9-4-3-5-12-6-9;9-7(10)5-2-1-3-6(4-5)8(11)12;1-2-5-4-6-3-1/h5-14,25-26H,1-4H3;9-12H,1-8H3;1-12H2;5-8H,14H2,1-4H3;3-6H,7-8H2,1-2H3;1-4,9-10H;5-6H,1-3H2/t;9-,10-,11-,12-;;;;;/m.0...../s1. The topological polar surface area (TPSA) is 354 Å². The van der Waals surface area contributed by atoms with E-state index in [1.807, 2.05) is 71.6 Å². The zero-order valence-corrected chi connectivity index (χ0v) is 74.3. The molecule has 0 aliphatic carbocycles. The molecule has 5 aromatic carbocycles. The van der Waals surface area contributed by atoms with Gasteiger partial charge in [-0.05, 0) is 210 Å². The van der Waals surface area contributed by atoms with Crippen molar-refractivity contribution in [2.75, 3.05) is 138 Å². The lowest BCUT2D eigenvalue weighted by Crippen LogP contribution is -2.60. The summed E-state index contributed by atoms with van der Waals surface area (Å²) >= 11 is 0. The Morgan fingerprint density at radius 2 is 0.893 bits per heavy atom. The van der Waals surface area contributed by atoms with Crippen molar-refractivity contribution in [3.8, 4) is 0 Å². The molecule has 32 nitrogen and oxygen atoms in total. The lowest BCUT2D eigenvalue weighted by molar-refractivity contribution is -0.384. The number of nitrogen functional groups attached to an aromatic ring is 1. The van der Waals surface area contributed by atoms with E-state index in [0.717, 1.165) is 71.3 Å². The molecular weight excluding hydrogens is 1550 g/mol. The monoisotopic (exact) mass is 1680 g/mol. The van der Waals surface area contributed by atoms with E-state index >= 15 is 0 Å². The Balaban J connectivity index is 0.000000156. The molecule has 122 heavy (non-hydrogen) atoms. The van der Waals surface area contributed by atoms with Crippen LogP contribution in [0, 0.1) is 15.5 Å². The van der Waals surface area contributed by atoms with E-state index in [1.165, 1.54) is 189 Å². The van der Waals surface area contributed by atoms with Crippen LogP contribution in [0.5, 0.6) is 0 Å². The number of nitrogens with zero attached hydrogens (tertiary/aromatic N) is 9. The van der Waals surface area contributed by atoms with Crippen molar-refractivity contribution in [3.63, 3.8) is 0 Å². The summed E-state index contributed by atoms with van der Waals surface area (Å²) in [5.74, 6) is -1.90. The Hall–Kier alpha value is -7.91. The molecule has 4 amide bonds. The van der Waals surface area contributed by atoms with Crippen LogP contribution in [0.3, 0.4) is 0 Å². The van der Waals surface area contributed by atoms with Gasteiger partial charge in [0.2, 0.25) is 0 Å². The molecule has 4 atom stereocenters. The molecule has 1 aromatic heterocycles. The first-order valence-electron chi connectivity index (χ1n) is 42.2. The van der Waals surface area contributed by atoms with Gasteiger partial charge in [0, 0.05) is 127 Å². The molecule has 16 rings (SSSR count). The number of hydrogen-bond acceptors (Lipinski definition) is 27. The molecule has 9 fully saturated rings. The predicted molar refractivity (Wildman–Crippen MR) is 484 cm³/mol. The number of nitro groups is 1. The fraction of sp³-hybridized carbons (Fsp3) is 0.543. The highest BCUT2D eigenvalue weighted by molar-refractivity contribution is 7.11. The normalized spacial score (nSPS) is 22.0. The van der Waals surface area contributed by atoms with Crippen molar-refractivity contribution >= 4 is 149 Å². The van der Waals surface area contributed by atoms with Gasteiger partial charge in [-0.3, -0.25) is 34.3 Å². The first-order chi connectivity index (χ1) is 57.7. The number of non-ortho nitro benzene ring substituents is 1. The van der Waals surface area contributed by atoms with Crippen LogP contribution in [-0.4, -0.2) is 311 Å². The van der Waals surface area contributed by atoms with Crippen LogP contribution in [0.2, 0.25) is 0 Å². The first kappa shape index (κ1) is 96.3. The van der Waals surface area contributed by atoms with Crippen LogP contribution in [-0.2, 0) is 65.7 Å². The summed E-state index contributed by atoms with van der Waals surface area (Å²) in [5, 5.41) is 43.4. The summed E-state index contributed by atoms with van der Waals surface area (Å²) in [7, 11) is 9.59. The Bertz CT molecular complexity index is 4190. The second kappa shape index (κ2) is 42.9. The highest BCUT2D eigenvalue weighted by Gasteiger charge is 2.62. The number of aromatic nitrogens is 1. The van der Waals surface area contributed by atoms with Gasteiger partial charge in [0.1, 0.15) is 0 Å². The first-order valence-corrected chi connectivity index (χ1v) is 42.2. The summed E-state index contributed by atoms with van der Waals surface area (Å²) in [6.07, 6.45) is 8.37. The molecule has 8 N–H and O–H groups in total. The maximum Gasteiger partial charge on any atom is 0.495 e. The van der Waals surface area contributed by atoms with Crippen molar-refractivity contribution in [2.24, 2.45) is 5.41 Å². The summed E-state index contributed by atoms with van der Waals surface area (Å²) in [5.41, 5.74) is 11.7. The van der Waals surface area contributed by atoms with Crippen molar-refractivity contribution in [1.29, 1.82) is 0 Å². The molecule has 651 valence electrons. The maximum absolute atomic E-state index is 12.5. The molecule has 0 spiro atoms. The number of nitrogens with two attached hydrogens (primary N) is 1. The molecule has 10 aliphatic heterocycles. The van der Waals surface area contributed by atoms with E-state index in [-0.39, 0.29) is 67.3 Å². The summed E-state index contributed by atoms with van der Waals surface area (Å²) in [4.78, 5) is 77.0. The van der Waals surface area contributed by atoms with Crippen LogP contribution in [0.1, 0.15) is 114 Å². The summed E-state index contributed by atoms with van der Waals surface area (Å²) in [6, 6.07) is 37.9. The Morgan fingerprint density at radius 1 is 0.508 bits per heavy atom. The lowest BCUT2D eigenvalue weighted by Gasteiger charge is -2.37. The van der Waals surface area contributed by atoms with E-state index in [2.05, 4.69) is 143 Å². The quantitative estimate of drug-likeness (QED) is 0.0356. The summed E-state index contributed by atoms with van der Waals surface area (Å²) < 4.78 is 58.2. The largest absolute Gasteiger partial charge is 0.495 e. The van der Waals surface area contributed by atoms with Crippen molar-refractivity contribution < 1.29 is 80.7 Å². The minimum absolute atomic E-state index is 0.0112. The third-order valence-corrected chi connectivity index (χ3v) is 23.2. The Morgan fingerprint density at radius 3 is 1.25 bits per heavy atom. The molecule has 0 bridgehead atoms. The number of nitro benzene ring substituents is 1. The number of likely N-dealkylation sites (N-methyl/N-ethyl adjacent to an activating group) is 4. The minimum atomic E-state index is -1.66. The van der Waals surface area contributed by atoms with Crippen molar-refractivity contribution in [1.82, 2.24) is 49.5 Å². The molecule has 11 heterocycles. The number of carbonyl (C=O) groups is 4. The van der Waals surface area contributed by atoms with Gasteiger partial charge in [-0.25, -0.2) is 0 Å². The number of anilines is 3. The molecule has 6 aromatic rings. The summed E-state index contributed by atoms with van der Waals surface area (Å²) in [6.45, 7) is 32.5. The lowest BCUT2D eigenvalue weighted by atomic mass is 9.49. The average molecular weight is 1680 g/mol. The smallest absolute Gasteiger partial charge is 0.423 e. The third kappa shape index (κ3) is 25.0. The maximum atomic E-state index is 12.5. The van der Waals surface area contributed by atoms with E-state index in [1.54, 1.807) is 12.4 Å². The second-order valence-electron chi connectivity index (χ2n) is 35.5. The van der Waals surface area contributed by atoms with Crippen LogP contribution in [0.15, 0.2) is 134 Å². The number of hydrogen-bond donors (Lipinski definition) is 7. The number of nitrogens with one attached hydrogen (secondary N) is 4. The van der Waals surface area contributed by atoms with Gasteiger partial charge in [0.25, 0.3) is 29.3 Å². The van der Waals surface area contributed by atoms with Crippen LogP contribution in [0.25, 0.3) is 10.8 Å². The number of rotatable bonds is 14. The van der Waals surface area contributed by atoms with E-state index in [0.29, 0.717) is 7.12 Å². The van der Waals surface area contributed by atoms with Crippen molar-refractivity contribution in [3.05, 3.63) is 144 Å². The average Bonchev–Trinajstić information content (AvgIpc) is 1.38. The van der Waals surface area contributed by atoms with Gasteiger partial charge in [-0.1, -0.05) is 92.7 Å². The molecular formula is C81H122B9N14O18.